The average molecular weight is 391 g/mol. The van der Waals surface area contributed by atoms with Gasteiger partial charge < -0.3 is 15.4 Å². The van der Waals surface area contributed by atoms with Crippen molar-refractivity contribution in [3.8, 4) is 5.75 Å². The summed E-state index contributed by atoms with van der Waals surface area (Å²) in [6, 6.07) is 13.0. The second kappa shape index (κ2) is 8.49. The van der Waals surface area contributed by atoms with Crippen molar-refractivity contribution in [3.05, 3.63) is 58.1 Å². The molecule has 24 heavy (non-hydrogen) atoms. The molecule has 2 aromatic carbocycles. The largest absolute Gasteiger partial charge is 0.497 e. The fourth-order valence-corrected chi connectivity index (χ4v) is 2.65. The van der Waals surface area contributed by atoms with Crippen LogP contribution in [0.2, 0.25) is 0 Å². The molecule has 0 aliphatic rings. The van der Waals surface area contributed by atoms with Crippen molar-refractivity contribution in [1.29, 1.82) is 0 Å². The van der Waals surface area contributed by atoms with E-state index in [2.05, 4.69) is 26.6 Å². The molecule has 0 fully saturated rings. The van der Waals surface area contributed by atoms with E-state index in [4.69, 9.17) is 4.74 Å². The molecule has 2 amide bonds. The van der Waals surface area contributed by atoms with Crippen molar-refractivity contribution in [3.63, 3.8) is 0 Å². The minimum Gasteiger partial charge on any atom is -0.497 e. The van der Waals surface area contributed by atoms with Crippen molar-refractivity contribution in [2.45, 2.75) is 13.3 Å². The first-order chi connectivity index (χ1) is 11.5. The number of benzene rings is 2. The molecular formula is C18H19BrN2O3. The number of nitrogens with one attached hydrogen (secondary N) is 2. The lowest BCUT2D eigenvalue weighted by molar-refractivity contribution is -0.136. The number of methoxy groups -OCH3 is 1. The van der Waals surface area contributed by atoms with Gasteiger partial charge in [-0.2, -0.15) is 0 Å². The number of anilines is 1. The molecule has 0 radical (unpaired) electrons. The van der Waals surface area contributed by atoms with Gasteiger partial charge in [0.1, 0.15) is 5.75 Å². The van der Waals surface area contributed by atoms with Crippen molar-refractivity contribution in [2.75, 3.05) is 19.0 Å². The predicted molar refractivity (Wildman–Crippen MR) is 97.2 cm³/mol. The summed E-state index contributed by atoms with van der Waals surface area (Å²) in [6.07, 6.45) is 0.619. The fraction of sp³-hybridized carbons (Fsp3) is 0.222. The summed E-state index contributed by atoms with van der Waals surface area (Å²) >= 11 is 3.36. The highest BCUT2D eigenvalue weighted by atomic mass is 79.9. The van der Waals surface area contributed by atoms with E-state index in [0.29, 0.717) is 18.7 Å². The molecule has 2 N–H and O–H groups in total. The topological polar surface area (TPSA) is 67.4 Å². The van der Waals surface area contributed by atoms with Crippen LogP contribution in [0.5, 0.6) is 5.75 Å². The van der Waals surface area contributed by atoms with E-state index in [1.165, 1.54) is 0 Å². The minimum absolute atomic E-state index is 0.374. The number of amides is 2. The molecule has 0 aliphatic carbocycles. The summed E-state index contributed by atoms with van der Waals surface area (Å²) in [4.78, 5) is 23.8. The van der Waals surface area contributed by atoms with E-state index < -0.39 is 11.8 Å². The van der Waals surface area contributed by atoms with Gasteiger partial charge in [-0.3, -0.25) is 9.59 Å². The highest BCUT2D eigenvalue weighted by molar-refractivity contribution is 9.10. The molecule has 0 heterocycles. The normalized spacial score (nSPS) is 10.1. The van der Waals surface area contributed by atoms with Crippen molar-refractivity contribution < 1.29 is 14.3 Å². The van der Waals surface area contributed by atoms with E-state index in [-0.39, 0.29) is 0 Å². The highest BCUT2D eigenvalue weighted by Gasteiger charge is 2.14. The zero-order valence-corrected chi connectivity index (χ0v) is 15.1. The van der Waals surface area contributed by atoms with E-state index >= 15 is 0 Å². The molecule has 126 valence electrons. The lowest BCUT2D eigenvalue weighted by Gasteiger charge is -2.09. The molecule has 0 aromatic heterocycles. The molecule has 0 bridgehead atoms. The fourth-order valence-electron chi connectivity index (χ4n) is 2.18. The van der Waals surface area contributed by atoms with Crippen LogP contribution < -0.4 is 15.4 Å². The lowest BCUT2D eigenvalue weighted by Crippen LogP contribution is -2.36. The van der Waals surface area contributed by atoms with E-state index in [1.807, 2.05) is 43.3 Å². The molecule has 2 rings (SSSR count). The number of ether oxygens (including phenoxy) is 1. The Kier molecular flexibility index (Phi) is 6.37. The Balaban J connectivity index is 1.84. The molecular weight excluding hydrogens is 372 g/mol. The maximum Gasteiger partial charge on any atom is 0.313 e. The van der Waals surface area contributed by atoms with Gasteiger partial charge in [-0.25, -0.2) is 0 Å². The second-order valence-corrected chi connectivity index (χ2v) is 6.19. The zero-order chi connectivity index (χ0) is 17.5. The van der Waals surface area contributed by atoms with Crippen LogP contribution in [0, 0.1) is 6.92 Å². The van der Waals surface area contributed by atoms with Crippen LogP contribution in [0.25, 0.3) is 0 Å². The first-order valence-electron chi connectivity index (χ1n) is 7.48. The Morgan fingerprint density at radius 2 is 1.92 bits per heavy atom. The summed E-state index contributed by atoms with van der Waals surface area (Å²) in [5.41, 5.74) is 2.52. The van der Waals surface area contributed by atoms with Gasteiger partial charge in [-0.1, -0.05) is 28.1 Å². The van der Waals surface area contributed by atoms with Crippen LogP contribution in [-0.4, -0.2) is 25.5 Å². The van der Waals surface area contributed by atoms with Crippen LogP contribution in [0.15, 0.2) is 46.9 Å². The Labute approximate surface area is 149 Å². The molecule has 6 heteroatoms. The molecule has 0 unspecified atom stereocenters. The number of hydrogen-bond donors (Lipinski definition) is 2. The predicted octanol–water partition coefficient (Wildman–Crippen LogP) is 3.06. The molecule has 0 atom stereocenters. The van der Waals surface area contributed by atoms with Crippen LogP contribution in [0.3, 0.4) is 0 Å². The number of rotatable bonds is 5. The average Bonchev–Trinajstić information content (AvgIpc) is 2.57. The number of aryl methyl sites for hydroxylation is 1. The standard InChI is InChI=1S/C18H19BrN2O3/c1-12-10-14(19)6-7-16(12)21-18(23)17(22)20-9-8-13-4-3-5-15(11-13)24-2/h3-7,10-11H,8-9H2,1-2H3,(H,20,22)(H,21,23). The first-order valence-corrected chi connectivity index (χ1v) is 8.27. The number of halogens is 1. The highest BCUT2D eigenvalue weighted by Crippen LogP contribution is 2.19. The Morgan fingerprint density at radius 3 is 2.62 bits per heavy atom. The second-order valence-electron chi connectivity index (χ2n) is 5.27. The van der Waals surface area contributed by atoms with Gasteiger partial charge >= 0.3 is 11.8 Å². The van der Waals surface area contributed by atoms with Gasteiger partial charge in [0.25, 0.3) is 0 Å². The van der Waals surface area contributed by atoms with Gasteiger partial charge in [0.05, 0.1) is 7.11 Å². The zero-order valence-electron chi connectivity index (χ0n) is 13.6. The van der Waals surface area contributed by atoms with Crippen molar-refractivity contribution >= 4 is 33.4 Å². The third-order valence-corrected chi connectivity index (χ3v) is 3.97. The maximum absolute atomic E-state index is 11.9. The molecule has 5 nitrogen and oxygen atoms in total. The van der Waals surface area contributed by atoms with Crippen molar-refractivity contribution in [2.24, 2.45) is 0 Å². The molecule has 0 saturated carbocycles. The quantitative estimate of drug-likeness (QED) is 0.770. The maximum atomic E-state index is 11.9. The summed E-state index contributed by atoms with van der Waals surface area (Å²) in [5.74, 6) is -0.562. The first kappa shape index (κ1) is 18.0. The van der Waals surface area contributed by atoms with Crippen molar-refractivity contribution in [1.82, 2.24) is 5.32 Å². The van der Waals surface area contributed by atoms with Crippen LogP contribution >= 0.6 is 15.9 Å². The summed E-state index contributed by atoms with van der Waals surface area (Å²) in [7, 11) is 1.61. The van der Waals surface area contributed by atoms with Crippen LogP contribution in [-0.2, 0) is 16.0 Å². The number of hydrogen-bond acceptors (Lipinski definition) is 3. The van der Waals surface area contributed by atoms with E-state index in [0.717, 1.165) is 21.3 Å². The number of carbonyl (C=O) groups is 2. The van der Waals surface area contributed by atoms with Gasteiger partial charge in [0.2, 0.25) is 0 Å². The lowest BCUT2D eigenvalue weighted by atomic mass is 10.1. The van der Waals surface area contributed by atoms with Gasteiger partial charge in [-0.05, 0) is 54.8 Å². The SMILES string of the molecule is COc1cccc(CCNC(=O)C(=O)Nc2ccc(Br)cc2C)c1. The molecule has 2 aromatic rings. The summed E-state index contributed by atoms with van der Waals surface area (Å²) in [5, 5.41) is 5.23. The molecule has 0 saturated heterocycles. The van der Waals surface area contributed by atoms with E-state index in [1.54, 1.807) is 13.2 Å². The Hall–Kier alpha value is -2.34. The monoisotopic (exact) mass is 390 g/mol. The van der Waals surface area contributed by atoms with Gasteiger partial charge in [0.15, 0.2) is 0 Å². The minimum atomic E-state index is -0.675. The van der Waals surface area contributed by atoms with Crippen LogP contribution in [0.1, 0.15) is 11.1 Å². The smallest absolute Gasteiger partial charge is 0.313 e. The third kappa shape index (κ3) is 5.09. The Bertz CT molecular complexity index is 747. The summed E-state index contributed by atoms with van der Waals surface area (Å²) in [6.45, 7) is 2.24. The summed E-state index contributed by atoms with van der Waals surface area (Å²) < 4.78 is 6.07. The molecule has 0 aliphatic heterocycles. The van der Waals surface area contributed by atoms with Crippen LogP contribution in [0.4, 0.5) is 5.69 Å². The van der Waals surface area contributed by atoms with Gasteiger partial charge in [0, 0.05) is 16.7 Å². The van der Waals surface area contributed by atoms with E-state index in [9.17, 15) is 9.59 Å². The third-order valence-electron chi connectivity index (χ3n) is 3.48. The van der Waals surface area contributed by atoms with Gasteiger partial charge in [-0.15, -0.1) is 0 Å². The molecule has 0 spiro atoms. The Morgan fingerprint density at radius 1 is 1.12 bits per heavy atom. The number of carbonyl (C=O) groups excluding carboxylic acids is 2.